The highest BCUT2D eigenvalue weighted by Gasteiger charge is 1.90. The molecule has 0 aliphatic rings. The summed E-state index contributed by atoms with van der Waals surface area (Å²) in [6.45, 7) is 4.00. The Bertz CT molecular complexity index is 127. The van der Waals surface area contributed by atoms with E-state index in [2.05, 4.69) is 19.6 Å². The van der Waals surface area contributed by atoms with Crippen LogP contribution >= 0.6 is 12.6 Å². The summed E-state index contributed by atoms with van der Waals surface area (Å²) in [5.41, 5.74) is 1.08. The lowest BCUT2D eigenvalue weighted by atomic mass is 10.2. The lowest BCUT2D eigenvalue weighted by molar-refractivity contribution is -0.106. The van der Waals surface area contributed by atoms with Gasteiger partial charge in [0.25, 0.3) is 0 Å². The van der Waals surface area contributed by atoms with Crippen molar-refractivity contribution in [1.29, 1.82) is 0 Å². The summed E-state index contributed by atoms with van der Waals surface area (Å²) in [6, 6.07) is 0. The first-order chi connectivity index (χ1) is 4.16. The second kappa shape index (κ2) is 4.50. The summed E-state index contributed by atoms with van der Waals surface area (Å²) in [4.78, 5) is 10.3. The topological polar surface area (TPSA) is 17.1 Å². The molecule has 51 valence electrons. The van der Waals surface area contributed by atoms with Crippen LogP contribution in [0.25, 0.3) is 0 Å². The molecule has 0 bridgehead atoms. The standard InChI is InChI=1S/C7H11OS/c1-3-4-6(2)5-7(8)9/h5H,3-4H2,1-2H3. The molecule has 0 N–H and O–H groups in total. The number of rotatable bonds is 3. The third-order valence-electron chi connectivity index (χ3n) is 1.01. The molecule has 0 aliphatic heterocycles. The second-order valence-corrected chi connectivity index (χ2v) is 2.46. The Hall–Kier alpha value is -0.370. The Balaban J connectivity index is 3.69. The lowest BCUT2D eigenvalue weighted by Crippen LogP contribution is -1.81. The number of hydrogen-bond acceptors (Lipinski definition) is 1. The molecule has 0 fully saturated rings. The number of carbonyl (C=O) groups is 1. The van der Waals surface area contributed by atoms with Crippen LogP contribution in [0.2, 0.25) is 0 Å². The van der Waals surface area contributed by atoms with E-state index in [1.54, 1.807) is 0 Å². The Morgan fingerprint density at radius 1 is 1.67 bits per heavy atom. The van der Waals surface area contributed by atoms with Gasteiger partial charge in [-0.15, -0.1) is 0 Å². The Kier molecular flexibility index (Phi) is 4.32. The van der Waals surface area contributed by atoms with Crippen molar-refractivity contribution < 1.29 is 4.79 Å². The van der Waals surface area contributed by atoms with Gasteiger partial charge in [-0.05, 0) is 32.0 Å². The molecule has 9 heavy (non-hydrogen) atoms. The van der Waals surface area contributed by atoms with E-state index in [4.69, 9.17) is 0 Å². The van der Waals surface area contributed by atoms with Crippen molar-refractivity contribution >= 4 is 17.7 Å². The predicted molar refractivity (Wildman–Crippen MR) is 41.3 cm³/mol. The lowest BCUT2D eigenvalue weighted by Gasteiger charge is -1.92. The fraction of sp³-hybridized carbons (Fsp3) is 0.571. The molecule has 0 rings (SSSR count). The van der Waals surface area contributed by atoms with Gasteiger partial charge in [0.05, 0.1) is 0 Å². The van der Waals surface area contributed by atoms with Crippen LogP contribution < -0.4 is 0 Å². The maximum atomic E-state index is 10.3. The molecule has 0 saturated heterocycles. The van der Waals surface area contributed by atoms with Crippen molar-refractivity contribution in [2.45, 2.75) is 26.7 Å². The van der Waals surface area contributed by atoms with Crippen LogP contribution in [0.15, 0.2) is 11.6 Å². The van der Waals surface area contributed by atoms with Gasteiger partial charge >= 0.3 is 0 Å². The van der Waals surface area contributed by atoms with Crippen molar-refractivity contribution in [3.8, 4) is 0 Å². The van der Waals surface area contributed by atoms with E-state index in [1.807, 2.05) is 6.92 Å². The van der Waals surface area contributed by atoms with Gasteiger partial charge in [0.1, 0.15) is 0 Å². The molecule has 0 amide bonds. The Morgan fingerprint density at radius 3 is 2.56 bits per heavy atom. The van der Waals surface area contributed by atoms with E-state index in [0.29, 0.717) is 0 Å². The largest absolute Gasteiger partial charge is 0.277 e. The van der Waals surface area contributed by atoms with Crippen LogP contribution in [-0.2, 0) is 4.79 Å². The summed E-state index contributed by atoms with van der Waals surface area (Å²) >= 11 is 4.35. The zero-order valence-corrected chi connectivity index (χ0v) is 6.62. The number of hydrogen-bond donors (Lipinski definition) is 0. The van der Waals surface area contributed by atoms with Crippen LogP contribution in [0.4, 0.5) is 0 Å². The Labute approximate surface area is 61.6 Å². The van der Waals surface area contributed by atoms with E-state index in [1.165, 1.54) is 6.08 Å². The predicted octanol–water partition coefficient (Wildman–Crippen LogP) is 2.46. The zero-order valence-electron chi connectivity index (χ0n) is 5.81. The summed E-state index contributed by atoms with van der Waals surface area (Å²) < 4.78 is 0. The number of allylic oxidation sites excluding steroid dienone is 1. The minimum Gasteiger partial charge on any atom is -0.277 e. The first-order valence-electron chi connectivity index (χ1n) is 3.05. The van der Waals surface area contributed by atoms with Crippen molar-refractivity contribution in [2.75, 3.05) is 0 Å². The summed E-state index contributed by atoms with van der Waals surface area (Å²) in [5.74, 6) is 0. The monoisotopic (exact) mass is 143 g/mol. The molecule has 0 aromatic rings. The van der Waals surface area contributed by atoms with Crippen LogP contribution in [0, 0.1) is 0 Å². The van der Waals surface area contributed by atoms with Gasteiger partial charge in [-0.1, -0.05) is 18.9 Å². The van der Waals surface area contributed by atoms with Gasteiger partial charge in [-0.3, -0.25) is 4.79 Å². The molecular formula is C7H11OS. The molecule has 2 heteroatoms. The first-order valence-corrected chi connectivity index (χ1v) is 3.45. The van der Waals surface area contributed by atoms with E-state index in [-0.39, 0.29) is 5.12 Å². The molecule has 0 saturated carbocycles. The fourth-order valence-electron chi connectivity index (χ4n) is 0.668. The minimum atomic E-state index is -0.263. The van der Waals surface area contributed by atoms with Gasteiger partial charge in [0.2, 0.25) is 5.12 Å². The van der Waals surface area contributed by atoms with Crippen LogP contribution in [0.1, 0.15) is 26.7 Å². The quantitative estimate of drug-likeness (QED) is 0.555. The molecule has 0 aromatic carbocycles. The average molecular weight is 143 g/mol. The highest BCUT2D eigenvalue weighted by molar-refractivity contribution is 7.97. The van der Waals surface area contributed by atoms with Gasteiger partial charge in [-0.25, -0.2) is 0 Å². The van der Waals surface area contributed by atoms with Crippen molar-refractivity contribution in [3.05, 3.63) is 11.6 Å². The summed E-state index contributed by atoms with van der Waals surface area (Å²) in [5, 5.41) is -0.263. The van der Waals surface area contributed by atoms with Crippen LogP contribution in [0.3, 0.4) is 0 Å². The number of carbonyl (C=O) groups excluding carboxylic acids is 1. The van der Waals surface area contributed by atoms with E-state index < -0.39 is 0 Å². The molecule has 0 unspecified atom stereocenters. The third kappa shape index (κ3) is 5.50. The molecule has 0 heterocycles. The van der Waals surface area contributed by atoms with Gasteiger partial charge in [0.15, 0.2) is 0 Å². The maximum absolute atomic E-state index is 10.3. The average Bonchev–Trinajstić information content (AvgIpc) is 1.63. The van der Waals surface area contributed by atoms with Gasteiger partial charge in [0, 0.05) is 0 Å². The highest BCUT2D eigenvalue weighted by atomic mass is 32.1. The van der Waals surface area contributed by atoms with Crippen LogP contribution in [0.5, 0.6) is 0 Å². The normalized spacial score (nSPS) is 11.6. The molecular weight excluding hydrogens is 132 g/mol. The molecule has 0 spiro atoms. The molecule has 0 aliphatic carbocycles. The van der Waals surface area contributed by atoms with Crippen molar-refractivity contribution in [1.82, 2.24) is 0 Å². The third-order valence-corrected chi connectivity index (χ3v) is 1.13. The van der Waals surface area contributed by atoms with E-state index >= 15 is 0 Å². The first kappa shape index (κ1) is 8.63. The smallest absolute Gasteiger partial charge is 0.242 e. The molecule has 0 atom stereocenters. The molecule has 1 radical (unpaired) electrons. The second-order valence-electron chi connectivity index (χ2n) is 2.06. The van der Waals surface area contributed by atoms with E-state index in [9.17, 15) is 4.79 Å². The van der Waals surface area contributed by atoms with Gasteiger partial charge < -0.3 is 0 Å². The Morgan fingerprint density at radius 2 is 2.22 bits per heavy atom. The van der Waals surface area contributed by atoms with Crippen molar-refractivity contribution in [3.63, 3.8) is 0 Å². The highest BCUT2D eigenvalue weighted by Crippen LogP contribution is 2.02. The fourth-order valence-corrected chi connectivity index (χ4v) is 0.869. The van der Waals surface area contributed by atoms with Crippen LogP contribution in [-0.4, -0.2) is 5.12 Å². The van der Waals surface area contributed by atoms with E-state index in [0.717, 1.165) is 18.4 Å². The summed E-state index contributed by atoms with van der Waals surface area (Å²) in [7, 11) is 0. The molecule has 1 nitrogen and oxygen atoms in total. The van der Waals surface area contributed by atoms with Gasteiger partial charge in [-0.2, -0.15) is 0 Å². The SMILES string of the molecule is CCCC(C)=CC(=O)[S]. The molecule has 0 aromatic heterocycles. The summed E-state index contributed by atoms with van der Waals surface area (Å²) in [6.07, 6.45) is 3.56. The maximum Gasteiger partial charge on any atom is 0.242 e. The zero-order chi connectivity index (χ0) is 7.28. The minimum absolute atomic E-state index is 0.263. The van der Waals surface area contributed by atoms with Crippen molar-refractivity contribution in [2.24, 2.45) is 0 Å².